The smallest absolute Gasteiger partial charge is 0.211 e. The number of nitriles is 3. The maximum absolute atomic E-state index is 13.0. The Kier molecular flexibility index (Phi) is 11.4. The van der Waals surface area contributed by atoms with E-state index in [-0.39, 0.29) is 58.2 Å². The van der Waals surface area contributed by atoms with E-state index in [4.69, 9.17) is 15.8 Å². The topological polar surface area (TPSA) is 210 Å². The van der Waals surface area contributed by atoms with Crippen LogP contribution in [0.5, 0.6) is 0 Å². The molecule has 0 bridgehead atoms. The Hall–Kier alpha value is -2.58. The van der Waals surface area contributed by atoms with Crippen LogP contribution < -0.4 is 14.2 Å². The van der Waals surface area contributed by atoms with Crippen LogP contribution in [-0.2, 0) is 30.1 Å². The van der Waals surface area contributed by atoms with Crippen LogP contribution in [0.1, 0.15) is 38.5 Å². The molecule has 0 saturated heterocycles. The molecule has 0 fully saturated rings. The first kappa shape index (κ1) is 28.5. The lowest BCUT2D eigenvalue weighted by molar-refractivity contribution is 0.555. The molecule has 0 aliphatic carbocycles. The molecule has 0 spiro atoms. The van der Waals surface area contributed by atoms with Crippen molar-refractivity contribution in [2.75, 3.05) is 19.6 Å². The van der Waals surface area contributed by atoms with Gasteiger partial charge in [0.25, 0.3) is 0 Å². The van der Waals surface area contributed by atoms with Crippen molar-refractivity contribution >= 4 is 30.1 Å². The average Bonchev–Trinajstić information content (AvgIpc) is 2.77. The Morgan fingerprint density at radius 2 is 0.939 bits per heavy atom. The molecular formula is C18H24N6O6S3. The Morgan fingerprint density at radius 3 is 1.27 bits per heavy atom. The molecule has 0 saturated carbocycles. The van der Waals surface area contributed by atoms with Gasteiger partial charge >= 0.3 is 0 Å². The summed E-state index contributed by atoms with van der Waals surface area (Å²) in [6.45, 7) is -0.530. The molecule has 0 radical (unpaired) electrons. The monoisotopic (exact) mass is 516 g/mol. The SMILES string of the molecule is N#CCCCNS(=O)(=O)c1cccc(S(=O)(=O)NCCCC#N)c1S(=O)(=O)NCCCC#N. The van der Waals surface area contributed by atoms with Gasteiger partial charge in [-0.3, -0.25) is 0 Å². The van der Waals surface area contributed by atoms with Gasteiger partial charge in [0, 0.05) is 38.9 Å². The lowest BCUT2D eigenvalue weighted by atomic mass is 10.3. The van der Waals surface area contributed by atoms with Crippen molar-refractivity contribution in [1.29, 1.82) is 15.8 Å². The summed E-state index contributed by atoms with van der Waals surface area (Å²) in [5.74, 6) is 0. The Balaban J connectivity index is 3.52. The zero-order chi connectivity index (χ0) is 25.0. The second kappa shape index (κ2) is 13.2. The highest BCUT2D eigenvalue weighted by molar-refractivity contribution is 7.94. The van der Waals surface area contributed by atoms with Crippen molar-refractivity contribution in [3.63, 3.8) is 0 Å². The third-order valence-corrected chi connectivity index (χ3v) is 8.89. The number of nitrogens with zero attached hydrogens (tertiary/aromatic N) is 3. The number of hydrogen-bond donors (Lipinski definition) is 3. The van der Waals surface area contributed by atoms with Gasteiger partial charge in [-0.15, -0.1) is 0 Å². The summed E-state index contributed by atoms with van der Waals surface area (Å²) in [6, 6.07) is 8.56. The Bertz CT molecular complexity index is 1190. The number of benzene rings is 1. The molecular weight excluding hydrogens is 492 g/mol. The predicted molar refractivity (Wildman–Crippen MR) is 117 cm³/mol. The number of hydrogen-bond acceptors (Lipinski definition) is 9. The predicted octanol–water partition coefficient (Wildman–Crippen LogP) is 0.433. The van der Waals surface area contributed by atoms with Gasteiger partial charge < -0.3 is 0 Å². The molecule has 0 aromatic heterocycles. The molecule has 0 unspecified atom stereocenters. The molecule has 1 aromatic carbocycles. The highest BCUT2D eigenvalue weighted by Crippen LogP contribution is 2.28. The van der Waals surface area contributed by atoms with Crippen molar-refractivity contribution in [2.45, 2.75) is 53.2 Å². The molecule has 12 nitrogen and oxygen atoms in total. The van der Waals surface area contributed by atoms with Crippen molar-refractivity contribution in [3.05, 3.63) is 18.2 Å². The number of rotatable bonds is 15. The highest BCUT2D eigenvalue weighted by Gasteiger charge is 2.33. The zero-order valence-corrected chi connectivity index (χ0v) is 20.1. The second-order valence-corrected chi connectivity index (χ2v) is 11.7. The summed E-state index contributed by atoms with van der Waals surface area (Å²) in [5.41, 5.74) is 0. The molecule has 0 atom stereocenters. The average molecular weight is 517 g/mol. The Morgan fingerprint density at radius 1 is 0.606 bits per heavy atom. The van der Waals surface area contributed by atoms with Crippen LogP contribution in [0.2, 0.25) is 0 Å². The van der Waals surface area contributed by atoms with Crippen LogP contribution in [0.25, 0.3) is 0 Å². The van der Waals surface area contributed by atoms with Crippen LogP contribution in [-0.4, -0.2) is 44.9 Å². The second-order valence-electron chi connectivity index (χ2n) is 6.56. The number of sulfonamides is 3. The summed E-state index contributed by atoms with van der Waals surface area (Å²) in [6.07, 6.45) is 0.635. The molecule has 1 rings (SSSR count). The van der Waals surface area contributed by atoms with Crippen molar-refractivity contribution in [2.24, 2.45) is 0 Å². The van der Waals surface area contributed by atoms with Gasteiger partial charge in [0.2, 0.25) is 30.1 Å². The van der Waals surface area contributed by atoms with E-state index in [0.29, 0.717) is 0 Å². The van der Waals surface area contributed by atoms with E-state index >= 15 is 0 Å². The lowest BCUT2D eigenvalue weighted by Crippen LogP contribution is -2.33. The maximum atomic E-state index is 13.0. The zero-order valence-electron chi connectivity index (χ0n) is 17.6. The van der Waals surface area contributed by atoms with Crippen LogP contribution in [0, 0.1) is 34.0 Å². The van der Waals surface area contributed by atoms with Gasteiger partial charge in [-0.05, 0) is 31.4 Å². The maximum Gasteiger partial charge on any atom is 0.243 e. The minimum atomic E-state index is -4.64. The van der Waals surface area contributed by atoms with Gasteiger partial charge in [-0.2, -0.15) is 15.8 Å². The van der Waals surface area contributed by atoms with Crippen LogP contribution in [0.3, 0.4) is 0 Å². The van der Waals surface area contributed by atoms with Crippen molar-refractivity contribution in [3.8, 4) is 18.2 Å². The molecule has 0 aliphatic heterocycles. The molecule has 180 valence electrons. The van der Waals surface area contributed by atoms with E-state index in [9.17, 15) is 25.3 Å². The van der Waals surface area contributed by atoms with Crippen LogP contribution >= 0.6 is 0 Å². The van der Waals surface area contributed by atoms with Gasteiger partial charge in [-0.25, -0.2) is 39.4 Å². The van der Waals surface area contributed by atoms with E-state index < -0.39 is 44.8 Å². The van der Waals surface area contributed by atoms with Gasteiger partial charge in [0.15, 0.2) is 0 Å². The first-order chi connectivity index (χ1) is 15.5. The third-order valence-electron chi connectivity index (χ3n) is 4.06. The van der Waals surface area contributed by atoms with Gasteiger partial charge in [0.05, 0.1) is 18.2 Å². The first-order valence-electron chi connectivity index (χ1n) is 9.76. The van der Waals surface area contributed by atoms with Crippen molar-refractivity contribution < 1.29 is 25.3 Å². The van der Waals surface area contributed by atoms with E-state index in [2.05, 4.69) is 14.2 Å². The molecule has 1 aromatic rings. The quantitative estimate of drug-likeness (QED) is 0.275. The summed E-state index contributed by atoms with van der Waals surface area (Å²) >= 11 is 0. The van der Waals surface area contributed by atoms with Gasteiger partial charge in [-0.1, -0.05) is 6.07 Å². The molecule has 0 amide bonds. The molecule has 0 heterocycles. The van der Waals surface area contributed by atoms with Crippen molar-refractivity contribution in [1.82, 2.24) is 14.2 Å². The Labute approximate surface area is 194 Å². The van der Waals surface area contributed by atoms with Gasteiger partial charge in [0.1, 0.15) is 14.7 Å². The van der Waals surface area contributed by atoms with E-state index in [1.165, 1.54) is 0 Å². The lowest BCUT2D eigenvalue weighted by Gasteiger charge is -2.17. The summed E-state index contributed by atoms with van der Waals surface area (Å²) < 4.78 is 83.9. The standard InChI is InChI=1S/C18H24N6O6S3/c19-10-1-4-13-22-31(25,26)16-8-7-9-17(32(27,28)23-14-5-2-11-20)18(16)33(29,30)24-15-6-3-12-21/h7-9,22-24H,1-6,13-15H2. The largest absolute Gasteiger partial charge is 0.243 e. The van der Waals surface area contributed by atoms with E-state index in [0.717, 1.165) is 18.2 Å². The minimum absolute atomic E-state index is 0.0362. The number of nitrogens with one attached hydrogen (secondary N) is 3. The van der Waals surface area contributed by atoms with Crippen LogP contribution in [0.4, 0.5) is 0 Å². The highest BCUT2D eigenvalue weighted by atomic mass is 32.2. The third kappa shape index (κ3) is 8.70. The van der Waals surface area contributed by atoms with E-state index in [1.807, 2.05) is 18.2 Å². The fourth-order valence-electron chi connectivity index (χ4n) is 2.53. The molecule has 0 aliphatic rings. The normalized spacial score (nSPS) is 11.9. The minimum Gasteiger partial charge on any atom is -0.211 e. The van der Waals surface area contributed by atoms with Crippen LogP contribution in [0.15, 0.2) is 32.9 Å². The molecule has 15 heteroatoms. The number of unbranched alkanes of at least 4 members (excludes halogenated alkanes) is 3. The first-order valence-corrected chi connectivity index (χ1v) is 14.2. The fourth-order valence-corrected chi connectivity index (χ4v) is 7.50. The van der Waals surface area contributed by atoms with E-state index in [1.54, 1.807) is 0 Å². The summed E-state index contributed by atoms with van der Waals surface area (Å²) in [5, 5.41) is 25.8. The summed E-state index contributed by atoms with van der Waals surface area (Å²) in [7, 11) is -13.6. The summed E-state index contributed by atoms with van der Waals surface area (Å²) in [4.78, 5) is -2.50. The fraction of sp³-hybridized carbons (Fsp3) is 0.500. The molecule has 3 N–H and O–H groups in total. The molecule has 33 heavy (non-hydrogen) atoms.